The smallest absolute Gasteiger partial charge is 0.336 e. The summed E-state index contributed by atoms with van der Waals surface area (Å²) in [4.78, 5) is 15.3. The van der Waals surface area contributed by atoms with E-state index in [0.29, 0.717) is 23.7 Å². The molecule has 1 N–H and O–H groups in total. The second kappa shape index (κ2) is 5.00. The summed E-state index contributed by atoms with van der Waals surface area (Å²) >= 11 is 0. The average molecular weight is 246 g/mol. The van der Waals surface area contributed by atoms with Crippen molar-refractivity contribution in [3.63, 3.8) is 0 Å². The predicted molar refractivity (Wildman–Crippen MR) is 65.2 cm³/mol. The Morgan fingerprint density at radius 1 is 1.39 bits per heavy atom. The molecule has 0 atom stereocenters. The molecular formula is C13H14N2O3. The van der Waals surface area contributed by atoms with Gasteiger partial charge in [-0.15, -0.1) is 0 Å². The Bertz CT molecular complexity index is 561. The van der Waals surface area contributed by atoms with Crippen LogP contribution in [-0.4, -0.2) is 21.2 Å². The third kappa shape index (κ3) is 2.56. The fraction of sp³-hybridized carbons (Fsp3) is 0.308. The molecule has 1 aromatic carbocycles. The number of carboxylic acid groups (broad SMARTS) is 1. The molecule has 0 bridgehead atoms. The zero-order valence-corrected chi connectivity index (χ0v) is 10.3. The number of hydrogen-bond acceptors (Lipinski definition) is 4. The number of nitrogens with zero attached hydrogens (tertiary/aromatic N) is 2. The molecule has 0 saturated heterocycles. The maximum Gasteiger partial charge on any atom is 0.336 e. The van der Waals surface area contributed by atoms with Crippen LogP contribution in [0.1, 0.15) is 30.0 Å². The van der Waals surface area contributed by atoms with Crippen LogP contribution in [0.15, 0.2) is 28.8 Å². The molecule has 2 rings (SSSR count). The Morgan fingerprint density at radius 2 is 2.11 bits per heavy atom. The van der Waals surface area contributed by atoms with Crippen molar-refractivity contribution >= 4 is 5.97 Å². The maximum atomic E-state index is 11.1. The van der Waals surface area contributed by atoms with Crippen LogP contribution < -0.4 is 0 Å². The lowest BCUT2D eigenvalue weighted by Crippen LogP contribution is -1.99. The lowest BCUT2D eigenvalue weighted by molar-refractivity contribution is 0.0697. The summed E-state index contributed by atoms with van der Waals surface area (Å²) in [6.45, 7) is 4.11. The van der Waals surface area contributed by atoms with Crippen LogP contribution in [0.25, 0.3) is 11.5 Å². The van der Waals surface area contributed by atoms with Crippen molar-refractivity contribution in [2.75, 3.05) is 0 Å². The van der Waals surface area contributed by atoms with E-state index in [0.717, 1.165) is 0 Å². The first-order valence-electron chi connectivity index (χ1n) is 5.73. The van der Waals surface area contributed by atoms with E-state index in [9.17, 15) is 4.79 Å². The third-order valence-electron chi connectivity index (χ3n) is 2.45. The van der Waals surface area contributed by atoms with Crippen LogP contribution in [0.4, 0.5) is 0 Å². The van der Waals surface area contributed by atoms with Crippen molar-refractivity contribution in [3.8, 4) is 11.5 Å². The third-order valence-corrected chi connectivity index (χ3v) is 2.45. The van der Waals surface area contributed by atoms with E-state index < -0.39 is 5.97 Å². The standard InChI is InChI=1S/C13H14N2O3/c1-8(2)7-11-14-12(18-15-11)9-5-3-4-6-10(9)13(16)17/h3-6,8H,7H2,1-2H3,(H,16,17). The Kier molecular flexibility index (Phi) is 3.41. The fourth-order valence-corrected chi connectivity index (χ4v) is 1.67. The van der Waals surface area contributed by atoms with Gasteiger partial charge in [-0.2, -0.15) is 4.98 Å². The van der Waals surface area contributed by atoms with Crippen molar-refractivity contribution in [1.29, 1.82) is 0 Å². The van der Waals surface area contributed by atoms with Crippen LogP contribution in [-0.2, 0) is 6.42 Å². The summed E-state index contributed by atoms with van der Waals surface area (Å²) in [7, 11) is 0. The lowest BCUT2D eigenvalue weighted by Gasteiger charge is -1.99. The van der Waals surface area contributed by atoms with Crippen LogP contribution >= 0.6 is 0 Å². The highest BCUT2D eigenvalue weighted by Gasteiger charge is 2.16. The highest BCUT2D eigenvalue weighted by molar-refractivity contribution is 5.94. The van der Waals surface area contributed by atoms with E-state index in [2.05, 4.69) is 24.0 Å². The van der Waals surface area contributed by atoms with Crippen molar-refractivity contribution < 1.29 is 14.4 Å². The van der Waals surface area contributed by atoms with Crippen LogP contribution in [0, 0.1) is 5.92 Å². The van der Waals surface area contributed by atoms with Gasteiger partial charge in [0.05, 0.1) is 11.1 Å². The highest BCUT2D eigenvalue weighted by atomic mass is 16.5. The van der Waals surface area contributed by atoms with Crippen molar-refractivity contribution in [2.45, 2.75) is 20.3 Å². The monoisotopic (exact) mass is 246 g/mol. The van der Waals surface area contributed by atoms with Gasteiger partial charge in [-0.1, -0.05) is 31.1 Å². The molecule has 0 unspecified atom stereocenters. The second-order valence-corrected chi connectivity index (χ2v) is 4.46. The zero-order chi connectivity index (χ0) is 13.1. The number of rotatable bonds is 4. The molecule has 0 radical (unpaired) electrons. The van der Waals surface area contributed by atoms with Crippen LogP contribution in [0.2, 0.25) is 0 Å². The molecule has 18 heavy (non-hydrogen) atoms. The quantitative estimate of drug-likeness (QED) is 0.897. The van der Waals surface area contributed by atoms with Gasteiger partial charge in [0.2, 0.25) is 0 Å². The van der Waals surface area contributed by atoms with E-state index >= 15 is 0 Å². The number of carbonyl (C=O) groups is 1. The Hall–Kier alpha value is -2.17. The molecule has 0 aliphatic heterocycles. The number of aromatic nitrogens is 2. The summed E-state index contributed by atoms with van der Waals surface area (Å²) in [5, 5.41) is 12.9. The molecule has 0 fully saturated rings. The van der Waals surface area contributed by atoms with E-state index in [1.54, 1.807) is 18.2 Å². The molecule has 0 aliphatic carbocycles. The summed E-state index contributed by atoms with van der Waals surface area (Å²) < 4.78 is 5.12. The van der Waals surface area contributed by atoms with Crippen molar-refractivity contribution in [3.05, 3.63) is 35.7 Å². The van der Waals surface area contributed by atoms with Crippen molar-refractivity contribution in [1.82, 2.24) is 10.1 Å². The minimum atomic E-state index is -1.01. The summed E-state index contributed by atoms with van der Waals surface area (Å²) in [5.41, 5.74) is 0.616. The summed E-state index contributed by atoms with van der Waals surface area (Å²) in [6, 6.07) is 6.59. The first-order chi connectivity index (χ1) is 8.58. The number of benzene rings is 1. The summed E-state index contributed by atoms with van der Waals surface area (Å²) in [5.74, 6) is 0.267. The lowest BCUT2D eigenvalue weighted by atomic mass is 10.1. The van der Waals surface area contributed by atoms with Crippen molar-refractivity contribution in [2.24, 2.45) is 5.92 Å². The van der Waals surface area contributed by atoms with Gasteiger partial charge in [0.1, 0.15) is 0 Å². The Labute approximate surface area is 104 Å². The van der Waals surface area contributed by atoms with Gasteiger partial charge in [0.15, 0.2) is 5.82 Å². The van der Waals surface area contributed by atoms with Crippen LogP contribution in [0.3, 0.4) is 0 Å². The molecule has 2 aromatic rings. The normalized spacial score (nSPS) is 10.8. The fourth-order valence-electron chi connectivity index (χ4n) is 1.67. The SMILES string of the molecule is CC(C)Cc1noc(-c2ccccc2C(=O)O)n1. The topological polar surface area (TPSA) is 76.2 Å². The summed E-state index contributed by atoms with van der Waals surface area (Å²) in [6.07, 6.45) is 0.707. The molecule has 5 heteroatoms. The first kappa shape index (κ1) is 12.3. The predicted octanol–water partition coefficient (Wildman–Crippen LogP) is 2.63. The molecule has 1 aromatic heterocycles. The van der Waals surface area contributed by atoms with E-state index in [1.165, 1.54) is 6.07 Å². The second-order valence-electron chi connectivity index (χ2n) is 4.46. The molecular weight excluding hydrogens is 232 g/mol. The Balaban J connectivity index is 2.37. The minimum absolute atomic E-state index is 0.164. The zero-order valence-electron chi connectivity index (χ0n) is 10.3. The van der Waals surface area contributed by atoms with Gasteiger partial charge < -0.3 is 9.63 Å². The highest BCUT2D eigenvalue weighted by Crippen LogP contribution is 2.22. The molecule has 1 heterocycles. The van der Waals surface area contributed by atoms with E-state index in [4.69, 9.17) is 9.63 Å². The molecule has 0 saturated carbocycles. The van der Waals surface area contributed by atoms with Gasteiger partial charge >= 0.3 is 5.97 Å². The van der Waals surface area contributed by atoms with E-state index in [-0.39, 0.29) is 11.5 Å². The van der Waals surface area contributed by atoms with Crippen LogP contribution in [0.5, 0.6) is 0 Å². The number of carboxylic acids is 1. The van der Waals surface area contributed by atoms with Gasteiger partial charge in [0, 0.05) is 6.42 Å². The van der Waals surface area contributed by atoms with Gasteiger partial charge in [0.25, 0.3) is 5.89 Å². The number of hydrogen-bond donors (Lipinski definition) is 1. The number of aromatic carboxylic acids is 1. The maximum absolute atomic E-state index is 11.1. The largest absolute Gasteiger partial charge is 0.478 e. The molecule has 5 nitrogen and oxygen atoms in total. The average Bonchev–Trinajstić information content (AvgIpc) is 2.76. The molecule has 94 valence electrons. The van der Waals surface area contributed by atoms with Gasteiger partial charge in [-0.25, -0.2) is 4.79 Å². The Morgan fingerprint density at radius 3 is 2.78 bits per heavy atom. The van der Waals surface area contributed by atoms with Gasteiger partial charge in [-0.05, 0) is 18.1 Å². The first-order valence-corrected chi connectivity index (χ1v) is 5.73. The minimum Gasteiger partial charge on any atom is -0.478 e. The molecule has 0 aliphatic rings. The molecule has 0 spiro atoms. The van der Waals surface area contributed by atoms with Gasteiger partial charge in [-0.3, -0.25) is 0 Å². The molecule has 0 amide bonds. The van der Waals surface area contributed by atoms with E-state index in [1.807, 2.05) is 0 Å².